The second kappa shape index (κ2) is 14.8. The highest BCUT2D eigenvalue weighted by Gasteiger charge is 2.34. The van der Waals surface area contributed by atoms with Crippen LogP contribution in [0.2, 0.25) is 0 Å². The van der Waals surface area contributed by atoms with Gasteiger partial charge in [0.15, 0.2) is 11.5 Å². The molecule has 238 valence electrons. The van der Waals surface area contributed by atoms with Crippen LogP contribution in [0.4, 0.5) is 5.69 Å². The molecule has 4 unspecified atom stereocenters. The standard InChI is InChI=1S/C32H43N5O6S/c1-7-43-28-14-12-25(37(4,44(39)40)17-16-24-11-13-29(41-5)30(18-24)42-6)19-26(28)23(3)10-8-22(2)9-15-31-34-32(38)27-20-33-21-36(27)35-31/h11-14,18-23H,7-10,15-17H2,1-6H3,(H-,34,35,38,39,40)/p+1. The number of hydrogen-bond donors (Lipinski definition) is 2. The van der Waals surface area contributed by atoms with E-state index < -0.39 is 11.3 Å². The molecule has 0 fully saturated rings. The smallest absolute Gasteiger partial charge is 0.363 e. The van der Waals surface area contributed by atoms with Crippen LogP contribution in [0.1, 0.15) is 62.9 Å². The summed E-state index contributed by atoms with van der Waals surface area (Å²) in [7, 11) is 4.97. The van der Waals surface area contributed by atoms with Gasteiger partial charge in [-0.3, -0.25) is 9.35 Å². The number of hydrogen-bond acceptors (Lipinski definition) is 7. The monoisotopic (exact) mass is 626 g/mol. The Morgan fingerprint density at radius 3 is 2.48 bits per heavy atom. The number of ether oxygens (including phenoxy) is 3. The number of rotatable bonds is 16. The van der Waals surface area contributed by atoms with Crippen molar-refractivity contribution in [3.8, 4) is 17.2 Å². The minimum Gasteiger partial charge on any atom is -0.494 e. The van der Waals surface area contributed by atoms with Crippen molar-refractivity contribution in [2.75, 3.05) is 34.4 Å². The Balaban J connectivity index is 1.46. The molecule has 0 bridgehead atoms. The minimum absolute atomic E-state index is 0.158. The zero-order valence-electron chi connectivity index (χ0n) is 26.4. The molecule has 4 aromatic rings. The summed E-state index contributed by atoms with van der Waals surface area (Å²) in [4.78, 5) is 19.1. The molecular weight excluding hydrogens is 582 g/mol. The van der Waals surface area contributed by atoms with Gasteiger partial charge < -0.3 is 19.2 Å². The van der Waals surface area contributed by atoms with E-state index in [0.29, 0.717) is 54.8 Å². The SMILES string of the molecule is CCOc1ccc([N+](C)(CCc2ccc(OC)c(OC)c2)S(=O)O)cc1C(C)CCC(C)CCc1nn2cncc2c(=O)[nH]1. The van der Waals surface area contributed by atoms with E-state index >= 15 is 0 Å². The van der Waals surface area contributed by atoms with E-state index in [2.05, 4.69) is 28.9 Å². The van der Waals surface area contributed by atoms with Crippen LogP contribution in [-0.2, 0) is 24.1 Å². The van der Waals surface area contributed by atoms with E-state index in [9.17, 15) is 13.6 Å². The molecule has 2 aromatic carbocycles. The van der Waals surface area contributed by atoms with Crippen molar-refractivity contribution in [2.24, 2.45) is 5.92 Å². The fourth-order valence-electron chi connectivity index (χ4n) is 5.39. The second-order valence-corrected chi connectivity index (χ2v) is 12.7. The molecule has 0 amide bonds. The van der Waals surface area contributed by atoms with Crippen molar-refractivity contribution < 1.29 is 23.0 Å². The van der Waals surface area contributed by atoms with E-state index in [1.807, 2.05) is 43.3 Å². The Hall–Kier alpha value is -3.74. The van der Waals surface area contributed by atoms with E-state index in [1.165, 1.54) is 17.0 Å². The summed E-state index contributed by atoms with van der Waals surface area (Å²) in [6, 6.07) is 11.5. The Bertz CT molecular complexity index is 1640. The Morgan fingerprint density at radius 1 is 1.02 bits per heavy atom. The lowest BCUT2D eigenvalue weighted by atomic mass is 9.89. The van der Waals surface area contributed by atoms with Gasteiger partial charge in [-0.2, -0.15) is 13.2 Å². The summed E-state index contributed by atoms with van der Waals surface area (Å²) < 4.78 is 41.5. The maximum Gasteiger partial charge on any atom is 0.363 e. The molecule has 0 aliphatic heterocycles. The van der Waals surface area contributed by atoms with Gasteiger partial charge in [-0.15, -0.1) is 0 Å². The maximum absolute atomic E-state index is 12.8. The second-order valence-electron chi connectivity index (χ2n) is 11.4. The number of H-pyrrole nitrogens is 1. The highest BCUT2D eigenvalue weighted by atomic mass is 32.2. The van der Waals surface area contributed by atoms with Crippen molar-refractivity contribution in [1.29, 1.82) is 0 Å². The summed E-state index contributed by atoms with van der Waals surface area (Å²) in [6.45, 7) is 7.26. The number of aryl methyl sites for hydroxylation is 1. The first-order valence-electron chi connectivity index (χ1n) is 15.0. The maximum atomic E-state index is 12.8. The lowest BCUT2D eigenvalue weighted by Gasteiger charge is -2.30. The molecule has 12 heteroatoms. The predicted molar refractivity (Wildman–Crippen MR) is 173 cm³/mol. The van der Waals surface area contributed by atoms with Crippen LogP contribution in [0.15, 0.2) is 53.7 Å². The quantitative estimate of drug-likeness (QED) is 0.127. The van der Waals surface area contributed by atoms with Gasteiger partial charge in [-0.1, -0.05) is 26.3 Å². The van der Waals surface area contributed by atoms with Crippen molar-refractivity contribution in [3.63, 3.8) is 0 Å². The van der Waals surface area contributed by atoms with Gasteiger partial charge >= 0.3 is 11.3 Å². The number of nitrogens with one attached hydrogen (secondary N) is 1. The number of likely N-dealkylation sites (N-methyl/N-ethyl adjacent to an activating group) is 1. The molecule has 0 spiro atoms. The van der Waals surface area contributed by atoms with E-state index in [-0.39, 0.29) is 15.4 Å². The van der Waals surface area contributed by atoms with Crippen LogP contribution in [0.3, 0.4) is 0 Å². The van der Waals surface area contributed by atoms with Crippen LogP contribution in [-0.4, -0.2) is 62.8 Å². The molecule has 0 saturated heterocycles. The number of benzene rings is 2. The molecule has 0 aliphatic carbocycles. The van der Waals surface area contributed by atoms with Crippen molar-refractivity contribution in [1.82, 2.24) is 23.5 Å². The lowest BCUT2D eigenvalue weighted by molar-refractivity contribution is 0.332. The topological polar surface area (TPSA) is 128 Å². The first-order valence-corrected chi connectivity index (χ1v) is 16.0. The number of nitrogens with zero attached hydrogens (tertiary/aromatic N) is 4. The third-order valence-corrected chi connectivity index (χ3v) is 9.38. The normalized spacial score (nSPS) is 15.0. The van der Waals surface area contributed by atoms with Gasteiger partial charge in [0.25, 0.3) is 5.56 Å². The Labute approximate surface area is 261 Å². The average molecular weight is 627 g/mol. The van der Waals surface area contributed by atoms with Gasteiger partial charge in [-0.25, -0.2) is 9.50 Å². The molecule has 0 saturated carbocycles. The summed E-state index contributed by atoms with van der Waals surface area (Å²) in [6.07, 6.45) is 7.02. The molecular formula is C32H44N5O6S+. The number of aromatic nitrogens is 4. The number of imidazole rings is 1. The number of fused-ring (bicyclic) bond motifs is 1. The highest BCUT2D eigenvalue weighted by Crippen LogP contribution is 2.37. The van der Waals surface area contributed by atoms with Crippen molar-refractivity contribution in [3.05, 3.63) is 76.2 Å². The summed E-state index contributed by atoms with van der Waals surface area (Å²) >= 11 is -2.17. The first-order chi connectivity index (χ1) is 21.1. The Morgan fingerprint density at radius 2 is 1.77 bits per heavy atom. The summed E-state index contributed by atoms with van der Waals surface area (Å²) in [5.74, 6) is 3.26. The number of quaternary nitrogens is 1. The van der Waals surface area contributed by atoms with Crippen LogP contribution in [0.5, 0.6) is 17.2 Å². The molecule has 2 heterocycles. The molecule has 4 rings (SSSR count). The predicted octanol–water partition coefficient (Wildman–Crippen LogP) is 5.30. The molecule has 0 aliphatic rings. The van der Waals surface area contributed by atoms with Gasteiger partial charge in [0, 0.05) is 30.5 Å². The largest absolute Gasteiger partial charge is 0.494 e. The molecule has 4 atom stereocenters. The highest BCUT2D eigenvalue weighted by molar-refractivity contribution is 7.78. The van der Waals surface area contributed by atoms with Gasteiger partial charge in [-0.05, 0) is 55.4 Å². The zero-order chi connectivity index (χ0) is 31.9. The van der Waals surface area contributed by atoms with Crippen molar-refractivity contribution >= 4 is 22.5 Å². The summed E-state index contributed by atoms with van der Waals surface area (Å²) in [5.41, 5.74) is 3.00. The van der Waals surface area contributed by atoms with Gasteiger partial charge in [0.2, 0.25) is 0 Å². The number of aromatic amines is 1. The van der Waals surface area contributed by atoms with Crippen LogP contribution in [0.25, 0.3) is 5.52 Å². The van der Waals surface area contributed by atoms with Gasteiger partial charge in [0.1, 0.15) is 35.7 Å². The van der Waals surface area contributed by atoms with Crippen LogP contribution < -0.4 is 23.7 Å². The average Bonchev–Trinajstić information content (AvgIpc) is 3.51. The Kier molecular flexibility index (Phi) is 11.2. The third-order valence-electron chi connectivity index (χ3n) is 8.30. The van der Waals surface area contributed by atoms with Crippen LogP contribution >= 0.6 is 0 Å². The molecule has 0 radical (unpaired) electrons. The van der Waals surface area contributed by atoms with E-state index in [0.717, 1.165) is 41.8 Å². The van der Waals surface area contributed by atoms with E-state index in [4.69, 9.17) is 14.2 Å². The fraction of sp³-hybridized carbons (Fsp3) is 0.469. The minimum atomic E-state index is -2.17. The van der Waals surface area contributed by atoms with Gasteiger partial charge in [0.05, 0.1) is 34.1 Å². The number of methoxy groups -OCH3 is 2. The summed E-state index contributed by atoms with van der Waals surface area (Å²) in [5, 5.41) is 4.46. The molecule has 11 nitrogen and oxygen atoms in total. The lowest BCUT2D eigenvalue weighted by Crippen LogP contribution is -2.48. The van der Waals surface area contributed by atoms with Crippen molar-refractivity contribution in [2.45, 2.75) is 58.8 Å². The zero-order valence-corrected chi connectivity index (χ0v) is 27.2. The fourth-order valence-corrected chi connectivity index (χ4v) is 5.93. The molecule has 44 heavy (non-hydrogen) atoms. The van der Waals surface area contributed by atoms with E-state index in [1.54, 1.807) is 21.3 Å². The first kappa shape index (κ1) is 33.2. The molecule has 2 aromatic heterocycles. The van der Waals surface area contributed by atoms with Crippen LogP contribution in [0, 0.1) is 5.92 Å². The third kappa shape index (κ3) is 7.66. The molecule has 2 N–H and O–H groups in total.